The highest BCUT2D eigenvalue weighted by Gasteiger charge is 2.39. The van der Waals surface area contributed by atoms with E-state index in [0.29, 0.717) is 6.42 Å². The minimum atomic E-state index is -3.14. The Bertz CT molecular complexity index is 628. The van der Waals surface area contributed by atoms with Gasteiger partial charge in [0.1, 0.15) is 0 Å². The van der Waals surface area contributed by atoms with Gasteiger partial charge in [0.25, 0.3) is 0 Å². The molecule has 0 bridgehead atoms. The maximum atomic E-state index is 13.7. The van der Waals surface area contributed by atoms with Gasteiger partial charge in [-0.1, -0.05) is 42.0 Å². The molecular formula is C21H26F2O. The fourth-order valence-electron chi connectivity index (χ4n) is 3.48. The van der Waals surface area contributed by atoms with Gasteiger partial charge in [0.2, 0.25) is 0 Å². The van der Waals surface area contributed by atoms with Crippen molar-refractivity contribution in [3.63, 3.8) is 0 Å². The smallest absolute Gasteiger partial charge is 0.308 e. The number of alkyl halides is 2. The second-order valence-electron chi connectivity index (χ2n) is 7.22. The lowest BCUT2D eigenvalue weighted by molar-refractivity contribution is -0.243. The van der Waals surface area contributed by atoms with Crippen LogP contribution in [0, 0.1) is 5.92 Å². The molecule has 0 amide bonds. The van der Waals surface area contributed by atoms with E-state index < -0.39 is 12.2 Å². The molecule has 3 rings (SSSR count). The molecule has 1 aromatic rings. The molecule has 3 heteroatoms. The van der Waals surface area contributed by atoms with Gasteiger partial charge >= 0.3 is 6.11 Å². The average Bonchev–Trinajstić information content (AvgIpc) is 2.57. The SMILES string of the molecule is CC1=CCC(CCc2ccc(C3CC=C(C)C(F)(F)O3)cc2)CC1. The molecule has 1 heterocycles. The molecule has 1 nitrogen and oxygen atoms in total. The maximum absolute atomic E-state index is 13.7. The van der Waals surface area contributed by atoms with Crippen LogP contribution in [0.4, 0.5) is 8.78 Å². The van der Waals surface area contributed by atoms with Gasteiger partial charge < -0.3 is 4.74 Å². The average molecular weight is 332 g/mol. The molecule has 130 valence electrons. The zero-order valence-electron chi connectivity index (χ0n) is 14.5. The van der Waals surface area contributed by atoms with E-state index in [4.69, 9.17) is 4.74 Å². The molecule has 24 heavy (non-hydrogen) atoms. The molecule has 2 aliphatic rings. The van der Waals surface area contributed by atoms with E-state index >= 15 is 0 Å². The van der Waals surface area contributed by atoms with Gasteiger partial charge in [-0.2, -0.15) is 8.78 Å². The molecule has 1 aliphatic heterocycles. The molecule has 2 unspecified atom stereocenters. The number of rotatable bonds is 4. The Kier molecular flexibility index (Phi) is 5.19. The fraction of sp³-hybridized carbons (Fsp3) is 0.524. The Morgan fingerprint density at radius 3 is 2.46 bits per heavy atom. The van der Waals surface area contributed by atoms with Crippen molar-refractivity contribution < 1.29 is 13.5 Å². The van der Waals surface area contributed by atoms with Crippen molar-refractivity contribution in [1.82, 2.24) is 0 Å². The topological polar surface area (TPSA) is 9.23 Å². The van der Waals surface area contributed by atoms with Crippen molar-refractivity contribution in [3.05, 3.63) is 58.7 Å². The third kappa shape index (κ3) is 4.13. The highest BCUT2D eigenvalue weighted by atomic mass is 19.3. The van der Waals surface area contributed by atoms with E-state index in [1.54, 1.807) is 6.08 Å². The van der Waals surface area contributed by atoms with Crippen LogP contribution in [0.3, 0.4) is 0 Å². The largest absolute Gasteiger partial charge is 0.379 e. The van der Waals surface area contributed by atoms with Crippen LogP contribution >= 0.6 is 0 Å². The van der Waals surface area contributed by atoms with Crippen molar-refractivity contribution in [2.45, 2.75) is 64.6 Å². The molecule has 0 N–H and O–H groups in total. The zero-order valence-corrected chi connectivity index (χ0v) is 14.5. The summed E-state index contributed by atoms with van der Waals surface area (Å²) in [4.78, 5) is 0. The molecule has 1 aliphatic carbocycles. The highest BCUT2D eigenvalue weighted by Crippen LogP contribution is 2.39. The zero-order chi connectivity index (χ0) is 17.2. The number of hydrogen-bond acceptors (Lipinski definition) is 1. The number of hydrogen-bond donors (Lipinski definition) is 0. The normalized spacial score (nSPS) is 26.7. The van der Waals surface area contributed by atoms with Gasteiger partial charge in [-0.05, 0) is 69.4 Å². The molecule has 0 fully saturated rings. The summed E-state index contributed by atoms with van der Waals surface area (Å²) in [5.41, 5.74) is 3.63. The van der Waals surface area contributed by atoms with Gasteiger partial charge in [-0.25, -0.2) is 0 Å². The molecule has 0 spiro atoms. The van der Waals surface area contributed by atoms with Crippen molar-refractivity contribution in [2.24, 2.45) is 5.92 Å². The number of halogens is 2. The van der Waals surface area contributed by atoms with Crippen LogP contribution in [0.25, 0.3) is 0 Å². The van der Waals surface area contributed by atoms with Crippen LogP contribution < -0.4 is 0 Å². The number of allylic oxidation sites excluding steroid dienone is 2. The summed E-state index contributed by atoms with van der Waals surface area (Å²) in [5.74, 6) is 0.779. The maximum Gasteiger partial charge on any atom is 0.379 e. The van der Waals surface area contributed by atoms with Gasteiger partial charge in [0.15, 0.2) is 0 Å². The van der Waals surface area contributed by atoms with E-state index in [-0.39, 0.29) is 5.57 Å². The molecule has 0 saturated heterocycles. The van der Waals surface area contributed by atoms with E-state index in [1.807, 2.05) is 12.1 Å². The molecule has 0 aromatic heterocycles. The van der Waals surface area contributed by atoms with Gasteiger partial charge in [0, 0.05) is 5.57 Å². The monoisotopic (exact) mass is 332 g/mol. The summed E-state index contributed by atoms with van der Waals surface area (Å²) < 4.78 is 32.3. The molecule has 0 radical (unpaired) electrons. The highest BCUT2D eigenvalue weighted by molar-refractivity contribution is 5.26. The summed E-state index contributed by atoms with van der Waals surface area (Å²) in [7, 11) is 0. The first-order chi connectivity index (χ1) is 11.4. The summed E-state index contributed by atoms with van der Waals surface area (Å²) in [5, 5.41) is 0. The van der Waals surface area contributed by atoms with E-state index in [9.17, 15) is 8.78 Å². The van der Waals surface area contributed by atoms with Crippen molar-refractivity contribution in [3.8, 4) is 0 Å². The van der Waals surface area contributed by atoms with Gasteiger partial charge in [0.05, 0.1) is 6.10 Å². The Morgan fingerprint density at radius 2 is 1.83 bits per heavy atom. The van der Waals surface area contributed by atoms with Crippen LogP contribution in [0.5, 0.6) is 0 Å². The van der Waals surface area contributed by atoms with Gasteiger partial charge in [-0.3, -0.25) is 0 Å². The summed E-state index contributed by atoms with van der Waals surface area (Å²) in [6, 6.07) is 8.00. The summed E-state index contributed by atoms with van der Waals surface area (Å²) >= 11 is 0. The van der Waals surface area contributed by atoms with Gasteiger partial charge in [-0.15, -0.1) is 0 Å². The first kappa shape index (κ1) is 17.3. The van der Waals surface area contributed by atoms with Crippen LogP contribution in [0.1, 0.15) is 63.2 Å². The quantitative estimate of drug-likeness (QED) is 0.582. The van der Waals surface area contributed by atoms with E-state index in [0.717, 1.165) is 17.9 Å². The number of aryl methyl sites for hydroxylation is 1. The van der Waals surface area contributed by atoms with Crippen molar-refractivity contribution in [1.29, 1.82) is 0 Å². The first-order valence-electron chi connectivity index (χ1n) is 8.91. The predicted molar refractivity (Wildman–Crippen MR) is 93.0 cm³/mol. The predicted octanol–water partition coefficient (Wildman–Crippen LogP) is 6.37. The summed E-state index contributed by atoms with van der Waals surface area (Å²) in [6.07, 6.45) is 6.73. The molecule has 0 saturated carbocycles. The van der Waals surface area contributed by atoms with Crippen LogP contribution in [0.2, 0.25) is 0 Å². The van der Waals surface area contributed by atoms with Crippen LogP contribution in [-0.4, -0.2) is 6.11 Å². The Labute approximate surface area is 143 Å². The molecular weight excluding hydrogens is 306 g/mol. The lowest BCUT2D eigenvalue weighted by Gasteiger charge is -2.29. The third-order valence-corrected chi connectivity index (χ3v) is 5.33. The minimum Gasteiger partial charge on any atom is -0.308 e. The number of ether oxygens (including phenoxy) is 1. The minimum absolute atomic E-state index is 0.00661. The molecule has 2 atom stereocenters. The van der Waals surface area contributed by atoms with Crippen LogP contribution in [-0.2, 0) is 11.2 Å². The second kappa shape index (κ2) is 7.18. The second-order valence-corrected chi connectivity index (χ2v) is 7.22. The lowest BCUT2D eigenvalue weighted by Crippen LogP contribution is -2.28. The fourth-order valence-corrected chi connectivity index (χ4v) is 3.48. The lowest BCUT2D eigenvalue weighted by atomic mass is 9.86. The van der Waals surface area contributed by atoms with E-state index in [1.165, 1.54) is 43.7 Å². The first-order valence-corrected chi connectivity index (χ1v) is 8.91. The van der Waals surface area contributed by atoms with Crippen LogP contribution in [0.15, 0.2) is 47.6 Å². The Hall–Kier alpha value is -1.48. The van der Waals surface area contributed by atoms with Crippen molar-refractivity contribution in [2.75, 3.05) is 0 Å². The van der Waals surface area contributed by atoms with E-state index in [2.05, 4.69) is 25.1 Å². The third-order valence-electron chi connectivity index (χ3n) is 5.33. The Balaban J connectivity index is 1.56. The van der Waals surface area contributed by atoms with Crippen molar-refractivity contribution >= 4 is 0 Å². The summed E-state index contributed by atoms with van der Waals surface area (Å²) in [6.45, 7) is 3.63. The standard InChI is InChI=1S/C21H26F2O/c1-15-3-6-17(7-4-15)8-9-18-10-12-19(13-11-18)20-14-5-16(2)21(22,23)24-20/h3,5,10-13,17,20H,4,6-9,14H2,1-2H3. The number of benzene rings is 1. The molecule has 1 aromatic carbocycles. The Morgan fingerprint density at radius 1 is 1.08 bits per heavy atom.